The van der Waals surface area contributed by atoms with Crippen LogP contribution in [0.1, 0.15) is 18.4 Å². The van der Waals surface area contributed by atoms with Gasteiger partial charge < -0.3 is 9.64 Å². The first kappa shape index (κ1) is 17.6. The van der Waals surface area contributed by atoms with E-state index in [1.165, 1.54) is 18.4 Å². The van der Waals surface area contributed by atoms with Crippen LogP contribution in [0.25, 0.3) is 22.3 Å². The quantitative estimate of drug-likeness (QED) is 0.476. The minimum atomic E-state index is 0.511. The molecule has 1 saturated carbocycles. The molecule has 4 aromatic rings. The fraction of sp³-hybridized carbons (Fsp3) is 0.208. The molecule has 0 saturated heterocycles. The van der Waals surface area contributed by atoms with Gasteiger partial charge in [0.05, 0.1) is 12.6 Å². The maximum atomic E-state index is 5.30. The zero-order valence-corrected chi connectivity index (χ0v) is 16.3. The smallest absolute Gasteiger partial charge is 0.163 e. The van der Waals surface area contributed by atoms with Crippen molar-refractivity contribution in [2.24, 2.45) is 0 Å². The molecule has 0 bridgehead atoms. The number of anilines is 1. The molecule has 5 heteroatoms. The van der Waals surface area contributed by atoms with Crippen LogP contribution in [0.2, 0.25) is 0 Å². The van der Waals surface area contributed by atoms with Crippen molar-refractivity contribution >= 4 is 16.7 Å². The van der Waals surface area contributed by atoms with Crippen molar-refractivity contribution in [3.63, 3.8) is 0 Å². The number of aromatic nitrogens is 3. The first-order valence-electron chi connectivity index (χ1n) is 9.88. The second-order valence-corrected chi connectivity index (χ2v) is 7.34. The SMILES string of the molecule is COc1ccc(CN(c2nc(-c3cccnc3)nc3ccccc23)C2CC2)cc1. The number of nitrogens with zero attached hydrogens (tertiary/aromatic N) is 4. The normalized spacial score (nSPS) is 13.4. The van der Waals surface area contributed by atoms with E-state index in [0.29, 0.717) is 11.9 Å². The summed E-state index contributed by atoms with van der Waals surface area (Å²) in [7, 11) is 1.69. The Labute approximate surface area is 170 Å². The zero-order valence-electron chi connectivity index (χ0n) is 16.3. The summed E-state index contributed by atoms with van der Waals surface area (Å²) in [6, 6.07) is 21.0. The summed E-state index contributed by atoms with van der Waals surface area (Å²) in [5, 5.41) is 1.08. The topological polar surface area (TPSA) is 51.1 Å². The standard InChI is InChI=1S/C24H22N4O/c1-29-20-12-8-17(9-13-20)16-28(19-10-11-19)24-21-6-2-3-7-22(21)26-23(27-24)18-5-4-14-25-15-18/h2-9,12-15,19H,10-11,16H2,1H3. The van der Waals surface area contributed by atoms with Gasteiger partial charge >= 0.3 is 0 Å². The van der Waals surface area contributed by atoms with Crippen molar-refractivity contribution in [1.82, 2.24) is 15.0 Å². The van der Waals surface area contributed by atoms with Crippen molar-refractivity contribution in [2.45, 2.75) is 25.4 Å². The molecule has 2 aromatic heterocycles. The second kappa shape index (κ2) is 7.51. The van der Waals surface area contributed by atoms with Gasteiger partial charge in [-0.1, -0.05) is 24.3 Å². The molecular weight excluding hydrogens is 360 g/mol. The highest BCUT2D eigenvalue weighted by atomic mass is 16.5. The van der Waals surface area contributed by atoms with E-state index < -0.39 is 0 Å². The molecule has 2 aromatic carbocycles. The molecule has 1 aliphatic carbocycles. The average molecular weight is 382 g/mol. The number of para-hydroxylation sites is 1. The van der Waals surface area contributed by atoms with Crippen LogP contribution in [0, 0.1) is 0 Å². The molecule has 0 amide bonds. The molecule has 0 unspecified atom stereocenters. The molecule has 1 fully saturated rings. The van der Waals surface area contributed by atoms with E-state index in [1.807, 2.05) is 36.5 Å². The number of rotatable bonds is 6. The van der Waals surface area contributed by atoms with Crippen molar-refractivity contribution in [2.75, 3.05) is 12.0 Å². The predicted octanol–water partition coefficient (Wildman–Crippen LogP) is 4.87. The van der Waals surface area contributed by atoms with Crippen molar-refractivity contribution in [3.05, 3.63) is 78.6 Å². The lowest BCUT2D eigenvalue weighted by Gasteiger charge is -2.25. The number of methoxy groups -OCH3 is 1. The van der Waals surface area contributed by atoms with Gasteiger partial charge in [0, 0.05) is 35.9 Å². The molecule has 144 valence electrons. The van der Waals surface area contributed by atoms with Crippen LogP contribution in [0.3, 0.4) is 0 Å². The predicted molar refractivity (Wildman–Crippen MR) is 115 cm³/mol. The Balaban J connectivity index is 1.60. The molecule has 0 radical (unpaired) electrons. The lowest BCUT2D eigenvalue weighted by molar-refractivity contribution is 0.414. The van der Waals surface area contributed by atoms with Crippen LogP contribution >= 0.6 is 0 Å². The van der Waals surface area contributed by atoms with Crippen LogP contribution < -0.4 is 9.64 Å². The summed E-state index contributed by atoms with van der Waals surface area (Å²) in [6.45, 7) is 0.808. The van der Waals surface area contributed by atoms with E-state index in [4.69, 9.17) is 14.7 Å². The molecule has 0 spiro atoms. The summed E-state index contributed by atoms with van der Waals surface area (Å²) in [5.41, 5.74) is 3.12. The number of ether oxygens (including phenoxy) is 1. The fourth-order valence-corrected chi connectivity index (χ4v) is 3.59. The minimum absolute atomic E-state index is 0.511. The van der Waals surface area contributed by atoms with Crippen molar-refractivity contribution in [3.8, 4) is 17.1 Å². The number of hydrogen-bond acceptors (Lipinski definition) is 5. The van der Waals surface area contributed by atoms with Gasteiger partial charge in [0.25, 0.3) is 0 Å². The highest BCUT2D eigenvalue weighted by Crippen LogP contribution is 2.36. The van der Waals surface area contributed by atoms with Gasteiger partial charge in [0.15, 0.2) is 5.82 Å². The highest BCUT2D eigenvalue weighted by Gasteiger charge is 2.31. The summed E-state index contributed by atoms with van der Waals surface area (Å²) in [6.07, 6.45) is 5.97. The van der Waals surface area contributed by atoms with Crippen LogP contribution in [0.15, 0.2) is 73.1 Å². The lowest BCUT2D eigenvalue weighted by atomic mass is 10.1. The molecule has 5 nitrogen and oxygen atoms in total. The third-order valence-corrected chi connectivity index (χ3v) is 5.27. The van der Waals surface area contributed by atoms with Gasteiger partial charge in [0.2, 0.25) is 0 Å². The van der Waals surface area contributed by atoms with E-state index in [0.717, 1.165) is 34.6 Å². The van der Waals surface area contributed by atoms with Crippen LogP contribution in [-0.2, 0) is 6.54 Å². The summed E-state index contributed by atoms with van der Waals surface area (Å²) >= 11 is 0. The maximum absolute atomic E-state index is 5.30. The van der Waals surface area contributed by atoms with Crippen LogP contribution in [0.5, 0.6) is 5.75 Å². The van der Waals surface area contributed by atoms with E-state index >= 15 is 0 Å². The molecule has 0 aliphatic heterocycles. The molecule has 29 heavy (non-hydrogen) atoms. The van der Waals surface area contributed by atoms with Gasteiger partial charge in [-0.05, 0) is 54.8 Å². The Bertz CT molecular complexity index is 1120. The lowest BCUT2D eigenvalue weighted by Crippen LogP contribution is -2.26. The molecule has 0 N–H and O–H groups in total. The Kier molecular flexibility index (Phi) is 4.56. The molecule has 1 aliphatic rings. The Morgan fingerprint density at radius 1 is 0.966 bits per heavy atom. The number of hydrogen-bond donors (Lipinski definition) is 0. The summed E-state index contributed by atoms with van der Waals surface area (Å²) in [5.74, 6) is 2.58. The van der Waals surface area contributed by atoms with E-state index in [9.17, 15) is 0 Å². The highest BCUT2D eigenvalue weighted by molar-refractivity contribution is 5.91. The van der Waals surface area contributed by atoms with Gasteiger partial charge in [-0.2, -0.15) is 0 Å². The monoisotopic (exact) mass is 382 g/mol. The second-order valence-electron chi connectivity index (χ2n) is 7.34. The summed E-state index contributed by atoms with van der Waals surface area (Å²) in [4.78, 5) is 16.5. The number of pyridine rings is 1. The number of fused-ring (bicyclic) bond motifs is 1. The summed E-state index contributed by atoms with van der Waals surface area (Å²) < 4.78 is 5.30. The fourth-order valence-electron chi connectivity index (χ4n) is 3.59. The first-order valence-corrected chi connectivity index (χ1v) is 9.88. The van der Waals surface area contributed by atoms with Gasteiger partial charge in [0.1, 0.15) is 11.6 Å². The Morgan fingerprint density at radius 3 is 2.52 bits per heavy atom. The van der Waals surface area contributed by atoms with Gasteiger partial charge in [-0.25, -0.2) is 9.97 Å². The molecule has 0 atom stereocenters. The molecule has 5 rings (SSSR count). The van der Waals surface area contributed by atoms with Crippen molar-refractivity contribution < 1.29 is 4.74 Å². The first-order chi connectivity index (χ1) is 14.3. The van der Waals surface area contributed by atoms with Gasteiger partial charge in [-0.15, -0.1) is 0 Å². The molecular formula is C24H22N4O. The average Bonchev–Trinajstić information content (AvgIpc) is 3.63. The van der Waals surface area contributed by atoms with Gasteiger partial charge in [-0.3, -0.25) is 4.98 Å². The Morgan fingerprint density at radius 2 is 1.79 bits per heavy atom. The largest absolute Gasteiger partial charge is 0.497 e. The van der Waals surface area contributed by atoms with E-state index in [-0.39, 0.29) is 0 Å². The van der Waals surface area contributed by atoms with E-state index in [2.05, 4.69) is 40.2 Å². The third kappa shape index (κ3) is 3.63. The van der Waals surface area contributed by atoms with E-state index in [1.54, 1.807) is 13.3 Å². The third-order valence-electron chi connectivity index (χ3n) is 5.27. The molecule has 2 heterocycles. The van der Waals surface area contributed by atoms with Crippen LogP contribution in [-0.4, -0.2) is 28.1 Å². The van der Waals surface area contributed by atoms with Crippen molar-refractivity contribution in [1.29, 1.82) is 0 Å². The Hall–Kier alpha value is -3.47. The maximum Gasteiger partial charge on any atom is 0.163 e. The zero-order chi connectivity index (χ0) is 19.6. The van der Waals surface area contributed by atoms with Crippen LogP contribution in [0.4, 0.5) is 5.82 Å². The number of benzene rings is 2. The minimum Gasteiger partial charge on any atom is -0.497 e.